The molecule has 0 radical (unpaired) electrons. The number of ether oxygens (including phenoxy) is 2. The van der Waals surface area contributed by atoms with Gasteiger partial charge < -0.3 is 25.2 Å². The summed E-state index contributed by atoms with van der Waals surface area (Å²) in [5, 5.41) is 15.6. The third-order valence-electron chi connectivity index (χ3n) is 3.86. The van der Waals surface area contributed by atoms with Crippen LogP contribution in [0.2, 0.25) is 0 Å². The summed E-state index contributed by atoms with van der Waals surface area (Å²) in [4.78, 5) is 4.42. The van der Waals surface area contributed by atoms with Crippen LogP contribution in [0.15, 0.2) is 23.2 Å². The number of phenolic OH excluding ortho intramolecular Hbond substituents is 1. The number of phenols is 1. The Hall–Kier alpha value is -1.86. The monoisotopic (exact) mass is 353 g/mol. The highest BCUT2D eigenvalue weighted by molar-refractivity contribution is 5.79. The fourth-order valence-electron chi connectivity index (χ4n) is 2.53. The molecule has 0 spiro atoms. The van der Waals surface area contributed by atoms with E-state index < -0.39 is 5.82 Å². The molecular formula is C18H28FN3O3. The summed E-state index contributed by atoms with van der Waals surface area (Å²) in [5.74, 6) is -0.301. The van der Waals surface area contributed by atoms with E-state index >= 15 is 0 Å². The van der Waals surface area contributed by atoms with E-state index in [2.05, 4.69) is 15.6 Å². The van der Waals surface area contributed by atoms with E-state index in [1.54, 1.807) is 6.07 Å². The molecule has 6 nitrogen and oxygen atoms in total. The SMILES string of the molecule is CCNC(=NCc1ccc(O)c(F)c1)NCCCOCC1CCCO1. The highest BCUT2D eigenvalue weighted by atomic mass is 19.1. The van der Waals surface area contributed by atoms with Crippen LogP contribution >= 0.6 is 0 Å². The summed E-state index contributed by atoms with van der Waals surface area (Å²) in [7, 11) is 0. The number of halogens is 1. The lowest BCUT2D eigenvalue weighted by molar-refractivity contribution is 0.0168. The molecule has 1 saturated heterocycles. The zero-order valence-corrected chi connectivity index (χ0v) is 14.8. The van der Waals surface area contributed by atoms with Crippen LogP contribution in [0.25, 0.3) is 0 Å². The van der Waals surface area contributed by atoms with Crippen molar-refractivity contribution >= 4 is 5.96 Å². The minimum absolute atomic E-state index is 0.262. The standard InChI is InChI=1S/C18H28FN3O3/c1-2-20-18(22-12-14-6-7-17(23)16(19)11-14)21-8-4-9-24-13-15-5-3-10-25-15/h6-7,11,15,23H,2-5,8-10,12-13H2,1H3,(H2,20,21,22). The molecule has 7 heteroatoms. The number of benzene rings is 1. The van der Waals surface area contributed by atoms with Gasteiger partial charge in [-0.3, -0.25) is 0 Å². The van der Waals surface area contributed by atoms with Crippen LogP contribution in [0.5, 0.6) is 5.75 Å². The van der Waals surface area contributed by atoms with Gasteiger partial charge in [0.2, 0.25) is 0 Å². The molecule has 1 aliphatic heterocycles. The molecule has 1 atom stereocenters. The van der Waals surface area contributed by atoms with Crippen LogP contribution in [0.3, 0.4) is 0 Å². The first kappa shape index (κ1) is 19.5. The van der Waals surface area contributed by atoms with Gasteiger partial charge in [0.25, 0.3) is 0 Å². The van der Waals surface area contributed by atoms with Gasteiger partial charge >= 0.3 is 0 Å². The third-order valence-corrected chi connectivity index (χ3v) is 3.86. The van der Waals surface area contributed by atoms with Crippen molar-refractivity contribution in [1.29, 1.82) is 0 Å². The Morgan fingerprint density at radius 3 is 3.04 bits per heavy atom. The highest BCUT2D eigenvalue weighted by Gasteiger charge is 2.14. The van der Waals surface area contributed by atoms with Crippen molar-refractivity contribution in [3.8, 4) is 5.75 Å². The van der Waals surface area contributed by atoms with E-state index in [1.807, 2.05) is 6.92 Å². The number of rotatable bonds is 9. The molecule has 1 unspecified atom stereocenters. The molecule has 0 amide bonds. The van der Waals surface area contributed by atoms with E-state index in [-0.39, 0.29) is 11.9 Å². The average Bonchev–Trinajstić information content (AvgIpc) is 3.12. The van der Waals surface area contributed by atoms with Crippen molar-refractivity contribution in [2.45, 2.75) is 38.8 Å². The summed E-state index contributed by atoms with van der Waals surface area (Å²) in [6.07, 6.45) is 3.35. The maximum absolute atomic E-state index is 13.3. The van der Waals surface area contributed by atoms with E-state index in [4.69, 9.17) is 9.47 Å². The second-order valence-electron chi connectivity index (χ2n) is 5.97. The Morgan fingerprint density at radius 2 is 2.32 bits per heavy atom. The second kappa shape index (κ2) is 10.9. The van der Waals surface area contributed by atoms with Crippen molar-refractivity contribution in [2.75, 3.05) is 32.9 Å². The summed E-state index contributed by atoms with van der Waals surface area (Å²) in [6.45, 7) is 6.00. The quantitative estimate of drug-likeness (QED) is 0.360. The summed E-state index contributed by atoms with van der Waals surface area (Å²) in [6, 6.07) is 4.29. The van der Waals surface area contributed by atoms with Crippen LogP contribution in [0, 0.1) is 5.82 Å². The summed E-state index contributed by atoms with van der Waals surface area (Å²) >= 11 is 0. The van der Waals surface area contributed by atoms with Gasteiger partial charge in [-0.25, -0.2) is 9.38 Å². The van der Waals surface area contributed by atoms with Gasteiger partial charge in [-0.05, 0) is 43.9 Å². The molecule has 0 aliphatic carbocycles. The summed E-state index contributed by atoms with van der Waals surface area (Å²) in [5.41, 5.74) is 0.701. The van der Waals surface area contributed by atoms with Gasteiger partial charge in [-0.1, -0.05) is 6.07 Å². The van der Waals surface area contributed by atoms with Gasteiger partial charge in [0, 0.05) is 26.3 Å². The maximum atomic E-state index is 13.3. The number of hydrogen-bond donors (Lipinski definition) is 3. The number of guanidine groups is 1. The minimum atomic E-state index is -0.631. The van der Waals surface area contributed by atoms with Crippen molar-refractivity contribution in [1.82, 2.24) is 10.6 Å². The number of aromatic hydroxyl groups is 1. The molecule has 1 aromatic rings. The topological polar surface area (TPSA) is 75.1 Å². The fraction of sp³-hybridized carbons (Fsp3) is 0.611. The Kier molecular flexibility index (Phi) is 8.48. The predicted molar refractivity (Wildman–Crippen MR) is 95.3 cm³/mol. The van der Waals surface area contributed by atoms with Gasteiger partial charge in [-0.2, -0.15) is 0 Å². The largest absolute Gasteiger partial charge is 0.505 e. The molecule has 140 valence electrons. The minimum Gasteiger partial charge on any atom is -0.505 e. The molecule has 0 aromatic heterocycles. The van der Waals surface area contributed by atoms with E-state index in [0.717, 1.165) is 39.0 Å². The molecule has 1 heterocycles. The number of aliphatic imine (C=N–C) groups is 1. The zero-order chi connectivity index (χ0) is 17.9. The van der Waals surface area contributed by atoms with Gasteiger partial charge in [-0.15, -0.1) is 0 Å². The first-order valence-corrected chi connectivity index (χ1v) is 8.88. The van der Waals surface area contributed by atoms with E-state index in [9.17, 15) is 9.50 Å². The third kappa shape index (κ3) is 7.27. The first-order valence-electron chi connectivity index (χ1n) is 8.88. The molecule has 0 bridgehead atoms. The molecule has 3 N–H and O–H groups in total. The van der Waals surface area contributed by atoms with Crippen molar-refractivity contribution in [2.24, 2.45) is 4.99 Å². The zero-order valence-electron chi connectivity index (χ0n) is 14.8. The molecule has 0 saturated carbocycles. The second-order valence-corrected chi connectivity index (χ2v) is 5.97. The Bertz CT molecular complexity index is 548. The fourth-order valence-corrected chi connectivity index (χ4v) is 2.53. The van der Waals surface area contributed by atoms with Gasteiger partial charge in [0.15, 0.2) is 17.5 Å². The molecule has 25 heavy (non-hydrogen) atoms. The summed E-state index contributed by atoms with van der Waals surface area (Å²) < 4.78 is 24.5. The maximum Gasteiger partial charge on any atom is 0.191 e. The van der Waals surface area contributed by atoms with Crippen LogP contribution in [-0.2, 0) is 16.0 Å². The average molecular weight is 353 g/mol. The lowest BCUT2D eigenvalue weighted by atomic mass is 10.2. The van der Waals surface area contributed by atoms with Crippen LogP contribution in [0.4, 0.5) is 4.39 Å². The number of nitrogens with one attached hydrogen (secondary N) is 2. The van der Waals surface area contributed by atoms with E-state index in [1.165, 1.54) is 12.1 Å². The van der Waals surface area contributed by atoms with Crippen molar-refractivity contribution in [3.05, 3.63) is 29.6 Å². The lowest BCUT2D eigenvalue weighted by Crippen LogP contribution is -2.38. The molecular weight excluding hydrogens is 325 g/mol. The normalized spacial score (nSPS) is 17.7. The molecule has 1 aliphatic rings. The molecule has 1 aromatic carbocycles. The van der Waals surface area contributed by atoms with Gasteiger partial charge in [0.1, 0.15) is 0 Å². The molecule has 2 rings (SSSR count). The Balaban J connectivity index is 1.67. The molecule has 1 fully saturated rings. The highest BCUT2D eigenvalue weighted by Crippen LogP contribution is 2.16. The van der Waals surface area contributed by atoms with E-state index in [0.29, 0.717) is 31.3 Å². The van der Waals surface area contributed by atoms with Crippen LogP contribution in [0.1, 0.15) is 31.7 Å². The first-order chi connectivity index (χ1) is 12.2. The lowest BCUT2D eigenvalue weighted by Gasteiger charge is -2.12. The van der Waals surface area contributed by atoms with Crippen molar-refractivity contribution < 1.29 is 19.0 Å². The Labute approximate surface area is 148 Å². The van der Waals surface area contributed by atoms with Crippen LogP contribution < -0.4 is 10.6 Å². The smallest absolute Gasteiger partial charge is 0.191 e. The number of hydrogen-bond acceptors (Lipinski definition) is 4. The van der Waals surface area contributed by atoms with Gasteiger partial charge in [0.05, 0.1) is 19.3 Å². The predicted octanol–water partition coefficient (Wildman–Crippen LogP) is 2.17. The van der Waals surface area contributed by atoms with Crippen LogP contribution in [-0.4, -0.2) is 50.1 Å². The Morgan fingerprint density at radius 1 is 1.44 bits per heavy atom. The van der Waals surface area contributed by atoms with Crippen molar-refractivity contribution in [3.63, 3.8) is 0 Å². The number of nitrogens with zero attached hydrogens (tertiary/aromatic N) is 1.